The fraction of sp³-hybridized carbons (Fsp3) is 0.522. The summed E-state index contributed by atoms with van der Waals surface area (Å²) >= 11 is 6.09. The van der Waals surface area contributed by atoms with Gasteiger partial charge >= 0.3 is 6.09 Å². The van der Waals surface area contributed by atoms with Gasteiger partial charge in [0.2, 0.25) is 0 Å². The van der Waals surface area contributed by atoms with Crippen LogP contribution in [0.15, 0.2) is 30.5 Å². The number of rotatable bonds is 2. The molecule has 1 aromatic heterocycles. The molecule has 30 heavy (non-hydrogen) atoms. The zero-order valence-electron chi connectivity index (χ0n) is 18.0. The molecule has 2 aromatic rings. The molecule has 1 aromatic carbocycles. The maximum absolute atomic E-state index is 12.6. The van der Waals surface area contributed by atoms with Gasteiger partial charge < -0.3 is 15.0 Å². The van der Waals surface area contributed by atoms with Gasteiger partial charge in [-0.25, -0.2) is 9.78 Å². The molecule has 1 aliphatic heterocycles. The lowest BCUT2D eigenvalue weighted by atomic mass is 9.72. The molecule has 4 rings (SSSR count). The highest BCUT2D eigenvalue weighted by Gasteiger charge is 2.48. The van der Waals surface area contributed by atoms with Gasteiger partial charge in [-0.15, -0.1) is 0 Å². The summed E-state index contributed by atoms with van der Waals surface area (Å²) < 4.78 is 5.57. The number of hydrogen-bond acceptors (Lipinski definition) is 5. The third-order valence-electron chi connectivity index (χ3n) is 6.14. The molecule has 1 atom stereocenters. The number of piperidine rings is 1. The first-order valence-corrected chi connectivity index (χ1v) is 10.9. The predicted molar refractivity (Wildman–Crippen MR) is 118 cm³/mol. The molecule has 0 unspecified atom stereocenters. The molecule has 7 heteroatoms. The second kappa shape index (κ2) is 7.73. The Morgan fingerprint density at radius 1 is 1.27 bits per heavy atom. The van der Waals surface area contributed by atoms with Gasteiger partial charge in [-0.3, -0.25) is 4.98 Å². The van der Waals surface area contributed by atoms with E-state index in [-0.39, 0.29) is 17.6 Å². The maximum Gasteiger partial charge on any atom is 0.408 e. The van der Waals surface area contributed by atoms with Crippen LogP contribution in [0.25, 0.3) is 0 Å². The van der Waals surface area contributed by atoms with Crippen LogP contribution in [0.3, 0.4) is 0 Å². The Morgan fingerprint density at radius 3 is 2.67 bits per heavy atom. The minimum absolute atomic E-state index is 0.0308. The monoisotopic (exact) mass is 428 g/mol. The number of benzene rings is 1. The molecule has 1 spiro atoms. The molecule has 1 amide bonds. The van der Waals surface area contributed by atoms with Crippen LogP contribution in [0.2, 0.25) is 5.15 Å². The van der Waals surface area contributed by atoms with Crippen LogP contribution < -0.4 is 10.2 Å². The van der Waals surface area contributed by atoms with E-state index in [0.29, 0.717) is 5.15 Å². The largest absolute Gasteiger partial charge is 0.444 e. The maximum atomic E-state index is 12.6. The van der Waals surface area contributed by atoms with E-state index in [1.54, 1.807) is 6.20 Å². The van der Waals surface area contributed by atoms with Crippen LogP contribution >= 0.6 is 11.6 Å². The summed E-state index contributed by atoms with van der Waals surface area (Å²) in [6.45, 7) is 9.31. The molecule has 0 bridgehead atoms. The minimum Gasteiger partial charge on any atom is -0.444 e. The van der Waals surface area contributed by atoms with E-state index >= 15 is 0 Å². The van der Waals surface area contributed by atoms with Gasteiger partial charge in [-0.1, -0.05) is 35.9 Å². The number of anilines is 1. The van der Waals surface area contributed by atoms with Crippen molar-refractivity contribution in [1.82, 2.24) is 15.3 Å². The Bertz CT molecular complexity index is 948. The van der Waals surface area contributed by atoms with Gasteiger partial charge in [0.15, 0.2) is 5.82 Å². The van der Waals surface area contributed by atoms with Crippen molar-refractivity contribution in [3.63, 3.8) is 0 Å². The number of aryl methyl sites for hydroxylation is 1. The first-order valence-electron chi connectivity index (χ1n) is 10.5. The molecular formula is C23H29ClN4O2. The van der Waals surface area contributed by atoms with Crippen LogP contribution in [-0.2, 0) is 11.2 Å². The third-order valence-corrected chi connectivity index (χ3v) is 6.32. The van der Waals surface area contributed by atoms with Crippen LogP contribution in [0.5, 0.6) is 0 Å². The lowest BCUT2D eigenvalue weighted by Crippen LogP contribution is -2.48. The summed E-state index contributed by atoms with van der Waals surface area (Å²) in [5.74, 6) is 0.851. The van der Waals surface area contributed by atoms with Crippen LogP contribution in [0.1, 0.15) is 56.5 Å². The summed E-state index contributed by atoms with van der Waals surface area (Å²) in [4.78, 5) is 23.8. The summed E-state index contributed by atoms with van der Waals surface area (Å²) in [7, 11) is 0. The molecule has 1 fully saturated rings. The lowest BCUT2D eigenvalue weighted by molar-refractivity contribution is 0.0428. The molecule has 2 heterocycles. The van der Waals surface area contributed by atoms with E-state index in [1.165, 1.54) is 11.1 Å². The van der Waals surface area contributed by atoms with Gasteiger partial charge in [0, 0.05) is 18.5 Å². The second-order valence-electron chi connectivity index (χ2n) is 9.41. The smallest absolute Gasteiger partial charge is 0.408 e. The van der Waals surface area contributed by atoms with Crippen molar-refractivity contribution in [3.8, 4) is 0 Å². The first-order chi connectivity index (χ1) is 14.2. The number of halogens is 1. The van der Waals surface area contributed by atoms with E-state index in [0.717, 1.165) is 43.9 Å². The van der Waals surface area contributed by atoms with E-state index < -0.39 is 5.60 Å². The molecule has 1 saturated heterocycles. The number of ether oxygens (including phenoxy) is 1. The number of nitrogens with zero attached hydrogens (tertiary/aromatic N) is 3. The highest BCUT2D eigenvalue weighted by atomic mass is 35.5. The summed E-state index contributed by atoms with van der Waals surface area (Å²) in [6.07, 6.45) is 4.06. The highest BCUT2D eigenvalue weighted by molar-refractivity contribution is 6.29. The Hall–Kier alpha value is -2.34. The quantitative estimate of drug-likeness (QED) is 0.740. The van der Waals surface area contributed by atoms with Gasteiger partial charge in [-0.2, -0.15) is 0 Å². The van der Waals surface area contributed by atoms with Gasteiger partial charge in [0.05, 0.1) is 17.9 Å². The van der Waals surface area contributed by atoms with Gasteiger partial charge in [0.1, 0.15) is 10.8 Å². The van der Waals surface area contributed by atoms with Gasteiger partial charge in [0.25, 0.3) is 0 Å². The van der Waals surface area contributed by atoms with Crippen molar-refractivity contribution in [2.24, 2.45) is 5.41 Å². The Morgan fingerprint density at radius 2 is 1.97 bits per heavy atom. The zero-order chi connectivity index (χ0) is 21.5. The van der Waals surface area contributed by atoms with Crippen molar-refractivity contribution >= 4 is 23.5 Å². The van der Waals surface area contributed by atoms with Crippen molar-refractivity contribution in [2.45, 2.75) is 58.6 Å². The Balaban J connectivity index is 1.56. The molecule has 2 aliphatic rings. The molecule has 6 nitrogen and oxygen atoms in total. The van der Waals surface area contributed by atoms with Crippen LogP contribution in [0.4, 0.5) is 10.6 Å². The Kier molecular flexibility index (Phi) is 5.39. The molecule has 0 saturated carbocycles. The average molecular weight is 429 g/mol. The van der Waals surface area contributed by atoms with E-state index in [4.69, 9.17) is 16.3 Å². The first kappa shape index (κ1) is 20.9. The molecule has 0 radical (unpaired) electrons. The fourth-order valence-electron chi connectivity index (χ4n) is 4.79. The second-order valence-corrected chi connectivity index (χ2v) is 9.79. The summed E-state index contributed by atoms with van der Waals surface area (Å²) in [6, 6.07) is 8.36. The fourth-order valence-corrected chi connectivity index (χ4v) is 4.92. The number of fused-ring (bicyclic) bond motifs is 1. The Labute approximate surface area is 183 Å². The number of carbonyl (C=O) groups is 1. The number of hydrogen-bond donors (Lipinski definition) is 1. The molecule has 1 aliphatic carbocycles. The molecule has 160 valence electrons. The highest BCUT2D eigenvalue weighted by Crippen LogP contribution is 2.52. The normalized spacial score (nSPS) is 20.2. The van der Waals surface area contributed by atoms with Crippen LogP contribution in [0, 0.1) is 12.3 Å². The van der Waals surface area contributed by atoms with E-state index in [9.17, 15) is 4.79 Å². The predicted octanol–water partition coefficient (Wildman–Crippen LogP) is 4.85. The molecular weight excluding hydrogens is 400 g/mol. The summed E-state index contributed by atoms with van der Waals surface area (Å²) in [5, 5.41) is 3.61. The standard InChI is InChI=1S/C23H29ClN4O2/c1-15-20(26-18(24)14-25-15)28-11-9-23(10-12-28)13-16-7-5-6-8-17(16)19(23)27-21(29)30-22(2,3)4/h5-8,14,19H,9-13H2,1-4H3,(H,27,29)/t19-/m1/s1. The van der Waals surface area contributed by atoms with Crippen molar-refractivity contribution in [3.05, 3.63) is 52.4 Å². The van der Waals surface area contributed by atoms with Crippen molar-refractivity contribution < 1.29 is 9.53 Å². The topological polar surface area (TPSA) is 67.4 Å². The SMILES string of the molecule is Cc1ncc(Cl)nc1N1CCC2(CC1)Cc1ccccc1[C@H]2NC(=O)OC(C)(C)C. The summed E-state index contributed by atoms with van der Waals surface area (Å²) in [5.41, 5.74) is 2.84. The third kappa shape index (κ3) is 4.10. The number of nitrogens with one attached hydrogen (secondary N) is 1. The van der Waals surface area contributed by atoms with E-state index in [1.807, 2.05) is 33.8 Å². The van der Waals surface area contributed by atoms with Crippen LogP contribution in [-0.4, -0.2) is 34.8 Å². The average Bonchev–Trinajstić information content (AvgIpc) is 2.96. The lowest BCUT2D eigenvalue weighted by Gasteiger charge is -2.44. The van der Waals surface area contributed by atoms with Gasteiger partial charge in [-0.05, 0) is 58.1 Å². The number of aromatic nitrogens is 2. The number of carbonyl (C=O) groups excluding carboxylic acids is 1. The van der Waals surface area contributed by atoms with Crippen molar-refractivity contribution in [2.75, 3.05) is 18.0 Å². The number of amides is 1. The number of alkyl carbamates (subject to hydrolysis) is 1. The van der Waals surface area contributed by atoms with E-state index in [2.05, 4.69) is 38.4 Å². The molecule has 1 N–H and O–H groups in total. The van der Waals surface area contributed by atoms with Crippen molar-refractivity contribution in [1.29, 1.82) is 0 Å². The minimum atomic E-state index is -0.526. The zero-order valence-corrected chi connectivity index (χ0v) is 18.8.